The zero-order valence-electron chi connectivity index (χ0n) is 10.6. The van der Waals surface area contributed by atoms with E-state index in [9.17, 15) is 0 Å². The zero-order chi connectivity index (χ0) is 12.8. The highest BCUT2D eigenvalue weighted by Gasteiger charge is 2.10. The normalized spacial score (nSPS) is 12.3. The SMILES string of the molecule is CCC(CSC)Nc1nc(Cl)nc(N(C)C)n1. The lowest BCUT2D eigenvalue weighted by molar-refractivity contribution is 0.759. The Labute approximate surface area is 111 Å². The monoisotopic (exact) mass is 275 g/mol. The first kappa shape index (κ1) is 14.3. The van der Waals surface area contributed by atoms with Gasteiger partial charge in [-0.3, -0.25) is 0 Å². The van der Waals surface area contributed by atoms with Crippen LogP contribution in [0.3, 0.4) is 0 Å². The van der Waals surface area contributed by atoms with Crippen molar-refractivity contribution in [2.45, 2.75) is 19.4 Å². The number of halogens is 1. The van der Waals surface area contributed by atoms with E-state index in [0.717, 1.165) is 12.2 Å². The number of hydrogen-bond donors (Lipinski definition) is 1. The van der Waals surface area contributed by atoms with Crippen LogP contribution in [0.5, 0.6) is 0 Å². The molecule has 0 amide bonds. The summed E-state index contributed by atoms with van der Waals surface area (Å²) in [6.45, 7) is 2.13. The number of rotatable bonds is 6. The molecular formula is C10H18ClN5S. The molecule has 0 aromatic carbocycles. The topological polar surface area (TPSA) is 53.9 Å². The van der Waals surface area contributed by atoms with E-state index in [2.05, 4.69) is 33.4 Å². The van der Waals surface area contributed by atoms with Crippen LogP contribution in [0.4, 0.5) is 11.9 Å². The predicted octanol–water partition coefficient (Wildman–Crippen LogP) is 2.14. The molecule has 1 N–H and O–H groups in total. The van der Waals surface area contributed by atoms with Gasteiger partial charge in [0, 0.05) is 25.9 Å². The minimum atomic E-state index is 0.213. The highest BCUT2D eigenvalue weighted by Crippen LogP contribution is 2.14. The van der Waals surface area contributed by atoms with Crippen LogP contribution >= 0.6 is 23.4 Å². The van der Waals surface area contributed by atoms with Gasteiger partial charge in [0.2, 0.25) is 17.2 Å². The molecule has 0 aliphatic rings. The first-order valence-corrected chi connectivity index (χ1v) is 7.18. The molecule has 0 saturated carbocycles. The molecule has 1 rings (SSSR count). The standard InChI is InChI=1S/C10H18ClN5S/c1-5-7(6-17-4)12-9-13-8(11)14-10(15-9)16(2)3/h7H,5-6H2,1-4H3,(H,12,13,14,15). The molecule has 5 nitrogen and oxygen atoms in total. The number of anilines is 2. The van der Waals surface area contributed by atoms with Crippen molar-refractivity contribution < 1.29 is 0 Å². The van der Waals surface area contributed by atoms with E-state index in [0.29, 0.717) is 17.9 Å². The van der Waals surface area contributed by atoms with Gasteiger partial charge >= 0.3 is 0 Å². The number of aromatic nitrogens is 3. The summed E-state index contributed by atoms with van der Waals surface area (Å²) in [5, 5.41) is 3.48. The largest absolute Gasteiger partial charge is 0.350 e. The molecule has 0 bridgehead atoms. The summed E-state index contributed by atoms with van der Waals surface area (Å²) in [5.74, 6) is 2.11. The van der Waals surface area contributed by atoms with E-state index >= 15 is 0 Å². The molecule has 1 atom stereocenters. The summed E-state index contributed by atoms with van der Waals surface area (Å²) in [6, 6.07) is 0.346. The second-order valence-corrected chi connectivity index (χ2v) is 5.08. The molecule has 0 aliphatic carbocycles. The molecule has 96 valence electrons. The average molecular weight is 276 g/mol. The van der Waals surface area contributed by atoms with Crippen LogP contribution in [0.1, 0.15) is 13.3 Å². The summed E-state index contributed by atoms with van der Waals surface area (Å²) >= 11 is 7.65. The third kappa shape index (κ3) is 4.55. The van der Waals surface area contributed by atoms with Crippen LogP contribution in [0, 0.1) is 0 Å². The van der Waals surface area contributed by atoms with E-state index in [1.807, 2.05) is 14.1 Å². The Bertz CT molecular complexity index is 361. The summed E-state index contributed by atoms with van der Waals surface area (Å²) < 4.78 is 0. The van der Waals surface area contributed by atoms with Crippen LogP contribution in [0.2, 0.25) is 5.28 Å². The molecule has 1 heterocycles. The Hall–Kier alpha value is -0.750. The van der Waals surface area contributed by atoms with Gasteiger partial charge in [0.05, 0.1) is 0 Å². The van der Waals surface area contributed by atoms with E-state index in [1.54, 1.807) is 16.7 Å². The van der Waals surface area contributed by atoms with Gasteiger partial charge in [-0.05, 0) is 24.3 Å². The molecule has 17 heavy (non-hydrogen) atoms. The fourth-order valence-corrected chi connectivity index (χ4v) is 2.13. The Kier molecular flexibility index (Phi) is 5.77. The van der Waals surface area contributed by atoms with Gasteiger partial charge in [-0.1, -0.05) is 6.92 Å². The minimum Gasteiger partial charge on any atom is -0.350 e. The van der Waals surface area contributed by atoms with Crippen LogP contribution in [-0.4, -0.2) is 47.1 Å². The van der Waals surface area contributed by atoms with Crippen molar-refractivity contribution in [2.75, 3.05) is 36.3 Å². The molecule has 0 saturated heterocycles. The van der Waals surface area contributed by atoms with Crippen molar-refractivity contribution in [1.29, 1.82) is 0 Å². The van der Waals surface area contributed by atoms with Gasteiger partial charge in [0.1, 0.15) is 0 Å². The van der Waals surface area contributed by atoms with Gasteiger partial charge in [0.15, 0.2) is 0 Å². The summed E-state index contributed by atoms with van der Waals surface area (Å²) in [4.78, 5) is 14.2. The molecule has 7 heteroatoms. The van der Waals surface area contributed by atoms with Gasteiger partial charge in [-0.25, -0.2) is 0 Å². The van der Waals surface area contributed by atoms with E-state index in [1.165, 1.54) is 0 Å². The number of thioether (sulfide) groups is 1. The first-order chi connectivity index (χ1) is 8.06. The fourth-order valence-electron chi connectivity index (χ4n) is 1.25. The van der Waals surface area contributed by atoms with Crippen molar-refractivity contribution in [3.63, 3.8) is 0 Å². The average Bonchev–Trinajstić information content (AvgIpc) is 2.27. The van der Waals surface area contributed by atoms with E-state index < -0.39 is 0 Å². The van der Waals surface area contributed by atoms with Crippen LogP contribution < -0.4 is 10.2 Å². The Balaban J connectivity index is 2.82. The third-order valence-electron chi connectivity index (χ3n) is 2.19. The lowest BCUT2D eigenvalue weighted by Crippen LogP contribution is -2.24. The first-order valence-electron chi connectivity index (χ1n) is 5.41. The third-order valence-corrected chi connectivity index (χ3v) is 3.09. The fraction of sp³-hybridized carbons (Fsp3) is 0.700. The van der Waals surface area contributed by atoms with Gasteiger partial charge in [-0.2, -0.15) is 26.7 Å². The van der Waals surface area contributed by atoms with Crippen molar-refractivity contribution in [2.24, 2.45) is 0 Å². The smallest absolute Gasteiger partial charge is 0.230 e. The van der Waals surface area contributed by atoms with Crippen LogP contribution in [0.15, 0.2) is 0 Å². The molecule has 0 radical (unpaired) electrons. The molecule has 1 aromatic heterocycles. The van der Waals surface area contributed by atoms with Crippen molar-refractivity contribution in [1.82, 2.24) is 15.0 Å². The summed E-state index contributed by atoms with van der Waals surface area (Å²) in [6.07, 6.45) is 3.09. The maximum atomic E-state index is 5.86. The molecule has 0 aliphatic heterocycles. The van der Waals surface area contributed by atoms with Crippen molar-refractivity contribution in [3.05, 3.63) is 5.28 Å². The van der Waals surface area contributed by atoms with Crippen molar-refractivity contribution >= 4 is 35.3 Å². The maximum absolute atomic E-state index is 5.86. The zero-order valence-corrected chi connectivity index (χ0v) is 12.1. The quantitative estimate of drug-likeness (QED) is 0.859. The number of nitrogens with zero attached hydrogens (tertiary/aromatic N) is 4. The summed E-state index contributed by atoms with van der Waals surface area (Å²) in [5.41, 5.74) is 0. The Morgan fingerprint density at radius 3 is 2.59 bits per heavy atom. The highest BCUT2D eigenvalue weighted by atomic mass is 35.5. The minimum absolute atomic E-state index is 0.213. The van der Waals surface area contributed by atoms with Crippen LogP contribution in [0.25, 0.3) is 0 Å². The molecule has 0 spiro atoms. The Morgan fingerprint density at radius 2 is 2.06 bits per heavy atom. The molecule has 1 unspecified atom stereocenters. The maximum Gasteiger partial charge on any atom is 0.230 e. The number of hydrogen-bond acceptors (Lipinski definition) is 6. The lowest BCUT2D eigenvalue weighted by atomic mass is 10.3. The second kappa shape index (κ2) is 6.86. The lowest BCUT2D eigenvalue weighted by Gasteiger charge is -2.17. The summed E-state index contributed by atoms with van der Waals surface area (Å²) in [7, 11) is 3.74. The predicted molar refractivity (Wildman–Crippen MR) is 75.2 cm³/mol. The molecule has 0 fully saturated rings. The molecule has 1 aromatic rings. The van der Waals surface area contributed by atoms with Crippen molar-refractivity contribution in [3.8, 4) is 0 Å². The number of nitrogens with one attached hydrogen (secondary N) is 1. The highest BCUT2D eigenvalue weighted by molar-refractivity contribution is 7.98. The van der Waals surface area contributed by atoms with Gasteiger partial charge < -0.3 is 10.2 Å². The van der Waals surface area contributed by atoms with Gasteiger partial charge in [0.25, 0.3) is 0 Å². The van der Waals surface area contributed by atoms with E-state index in [-0.39, 0.29) is 5.28 Å². The Morgan fingerprint density at radius 1 is 1.35 bits per heavy atom. The van der Waals surface area contributed by atoms with Crippen LogP contribution in [-0.2, 0) is 0 Å². The second-order valence-electron chi connectivity index (χ2n) is 3.83. The van der Waals surface area contributed by atoms with E-state index in [4.69, 9.17) is 11.6 Å². The van der Waals surface area contributed by atoms with Gasteiger partial charge in [-0.15, -0.1) is 0 Å². The molecular weight excluding hydrogens is 258 g/mol.